The Labute approximate surface area is 136 Å². The van der Waals surface area contributed by atoms with Gasteiger partial charge in [-0.05, 0) is 50.2 Å². The topological polar surface area (TPSA) is 70.7 Å². The summed E-state index contributed by atoms with van der Waals surface area (Å²) < 4.78 is 31.4. The number of nitrogens with one attached hydrogen (secondary N) is 2. The minimum atomic E-state index is -3.59. The highest BCUT2D eigenvalue weighted by Crippen LogP contribution is 2.29. The van der Waals surface area contributed by atoms with Gasteiger partial charge in [0.2, 0.25) is 10.0 Å². The maximum atomic E-state index is 12.4. The van der Waals surface area contributed by atoms with Crippen molar-refractivity contribution in [1.29, 1.82) is 0 Å². The third-order valence-electron chi connectivity index (χ3n) is 3.17. The van der Waals surface area contributed by atoms with Gasteiger partial charge in [-0.1, -0.05) is 0 Å². The van der Waals surface area contributed by atoms with E-state index in [0.717, 1.165) is 17.1 Å². The number of sulfonamides is 1. The zero-order chi connectivity index (χ0) is 16.3. The minimum absolute atomic E-state index is 0.124. The largest absolute Gasteiger partial charge is 0.492 e. The number of anilines is 1. The SMILES string of the molecule is CCOc1ccc(NC(=S)NC2CC2)cc1S(=O)(=O)N(C)C. The van der Waals surface area contributed by atoms with E-state index in [1.807, 2.05) is 6.92 Å². The van der Waals surface area contributed by atoms with Crippen molar-refractivity contribution in [3.63, 3.8) is 0 Å². The van der Waals surface area contributed by atoms with Gasteiger partial charge in [-0.2, -0.15) is 0 Å². The summed E-state index contributed by atoms with van der Waals surface area (Å²) in [5.74, 6) is 0.336. The van der Waals surface area contributed by atoms with Gasteiger partial charge < -0.3 is 15.4 Å². The van der Waals surface area contributed by atoms with Gasteiger partial charge in [-0.3, -0.25) is 0 Å². The number of benzene rings is 1. The van der Waals surface area contributed by atoms with Crippen LogP contribution in [0.1, 0.15) is 19.8 Å². The molecule has 0 saturated heterocycles. The molecular weight excluding hydrogens is 322 g/mol. The van der Waals surface area contributed by atoms with Gasteiger partial charge in [-0.15, -0.1) is 0 Å². The number of hydrogen-bond donors (Lipinski definition) is 2. The molecule has 1 fully saturated rings. The highest BCUT2D eigenvalue weighted by molar-refractivity contribution is 7.89. The third-order valence-corrected chi connectivity index (χ3v) is 5.23. The summed E-state index contributed by atoms with van der Waals surface area (Å²) in [6.07, 6.45) is 2.23. The Hall–Kier alpha value is -1.38. The van der Waals surface area contributed by atoms with Crippen molar-refractivity contribution in [2.45, 2.75) is 30.7 Å². The van der Waals surface area contributed by atoms with Gasteiger partial charge >= 0.3 is 0 Å². The molecule has 2 rings (SSSR count). The van der Waals surface area contributed by atoms with Crippen molar-refractivity contribution >= 4 is 33.0 Å². The van der Waals surface area contributed by atoms with E-state index in [9.17, 15) is 8.42 Å². The molecule has 2 N–H and O–H groups in total. The fourth-order valence-electron chi connectivity index (χ4n) is 1.84. The monoisotopic (exact) mass is 343 g/mol. The molecule has 0 unspecified atom stereocenters. The summed E-state index contributed by atoms with van der Waals surface area (Å²) >= 11 is 5.21. The molecule has 1 saturated carbocycles. The Bertz CT molecular complexity index is 655. The average molecular weight is 343 g/mol. The normalized spacial score (nSPS) is 14.7. The first-order valence-corrected chi connectivity index (χ1v) is 8.96. The maximum absolute atomic E-state index is 12.4. The average Bonchev–Trinajstić information content (AvgIpc) is 3.24. The Morgan fingerprint density at radius 3 is 2.64 bits per heavy atom. The van der Waals surface area contributed by atoms with Crippen LogP contribution in [0.25, 0.3) is 0 Å². The van der Waals surface area contributed by atoms with Crippen LogP contribution in [0.15, 0.2) is 23.1 Å². The summed E-state index contributed by atoms with van der Waals surface area (Å²) in [5, 5.41) is 6.67. The number of ether oxygens (including phenoxy) is 1. The van der Waals surface area contributed by atoms with Crippen molar-refractivity contribution in [1.82, 2.24) is 9.62 Å². The van der Waals surface area contributed by atoms with E-state index >= 15 is 0 Å². The van der Waals surface area contributed by atoms with Crippen LogP contribution in [0.5, 0.6) is 5.75 Å². The first kappa shape index (κ1) is 17.0. The molecule has 22 heavy (non-hydrogen) atoms. The highest BCUT2D eigenvalue weighted by atomic mass is 32.2. The van der Waals surface area contributed by atoms with Crippen LogP contribution < -0.4 is 15.4 Å². The Morgan fingerprint density at radius 1 is 1.41 bits per heavy atom. The van der Waals surface area contributed by atoms with E-state index in [4.69, 9.17) is 17.0 Å². The van der Waals surface area contributed by atoms with Gasteiger partial charge in [0.05, 0.1) is 6.61 Å². The molecule has 1 aliphatic carbocycles. The van der Waals surface area contributed by atoms with Crippen LogP contribution in [0, 0.1) is 0 Å². The van der Waals surface area contributed by atoms with E-state index in [1.54, 1.807) is 18.2 Å². The van der Waals surface area contributed by atoms with Crippen molar-refractivity contribution < 1.29 is 13.2 Å². The van der Waals surface area contributed by atoms with Gasteiger partial charge in [0.1, 0.15) is 10.6 Å². The van der Waals surface area contributed by atoms with Crippen LogP contribution in [0.4, 0.5) is 5.69 Å². The third kappa shape index (κ3) is 4.08. The zero-order valence-electron chi connectivity index (χ0n) is 12.9. The van der Waals surface area contributed by atoms with Crippen LogP contribution in [-0.4, -0.2) is 44.6 Å². The van der Waals surface area contributed by atoms with E-state index < -0.39 is 10.0 Å². The molecule has 0 atom stereocenters. The molecule has 1 aromatic rings. The van der Waals surface area contributed by atoms with E-state index in [0.29, 0.717) is 29.2 Å². The van der Waals surface area contributed by atoms with Gasteiger partial charge in [0.15, 0.2) is 5.11 Å². The molecule has 0 bridgehead atoms. The number of hydrogen-bond acceptors (Lipinski definition) is 4. The lowest BCUT2D eigenvalue weighted by Crippen LogP contribution is -2.30. The van der Waals surface area contributed by atoms with Gasteiger partial charge in [0.25, 0.3) is 0 Å². The van der Waals surface area contributed by atoms with E-state index in [2.05, 4.69) is 10.6 Å². The summed E-state index contributed by atoms with van der Waals surface area (Å²) in [4.78, 5) is 0.124. The van der Waals surface area contributed by atoms with Gasteiger partial charge in [-0.25, -0.2) is 12.7 Å². The van der Waals surface area contributed by atoms with Crippen molar-refractivity contribution in [2.24, 2.45) is 0 Å². The summed E-state index contributed by atoms with van der Waals surface area (Å²) in [7, 11) is -0.613. The van der Waals surface area contributed by atoms with Crippen LogP contribution in [0.3, 0.4) is 0 Å². The van der Waals surface area contributed by atoms with Gasteiger partial charge in [0, 0.05) is 25.8 Å². The molecule has 0 radical (unpaired) electrons. The summed E-state index contributed by atoms with van der Waals surface area (Å²) in [6.45, 7) is 2.21. The lowest BCUT2D eigenvalue weighted by atomic mass is 10.3. The second-order valence-corrected chi connectivity index (χ2v) is 7.78. The van der Waals surface area contributed by atoms with Crippen LogP contribution in [-0.2, 0) is 10.0 Å². The molecule has 0 aromatic heterocycles. The molecule has 0 spiro atoms. The van der Waals surface area contributed by atoms with Crippen LogP contribution >= 0.6 is 12.2 Å². The molecule has 1 aliphatic rings. The molecular formula is C14H21N3O3S2. The smallest absolute Gasteiger partial charge is 0.246 e. The maximum Gasteiger partial charge on any atom is 0.246 e. The Morgan fingerprint density at radius 2 is 2.09 bits per heavy atom. The van der Waals surface area contributed by atoms with Crippen molar-refractivity contribution in [3.05, 3.63) is 18.2 Å². The highest BCUT2D eigenvalue weighted by Gasteiger charge is 2.24. The lowest BCUT2D eigenvalue weighted by Gasteiger charge is -2.17. The molecule has 0 amide bonds. The molecule has 6 nitrogen and oxygen atoms in total. The molecule has 0 heterocycles. The summed E-state index contributed by atoms with van der Waals surface area (Å²) in [6, 6.07) is 5.37. The Balaban J connectivity index is 2.27. The number of nitrogens with zero attached hydrogens (tertiary/aromatic N) is 1. The zero-order valence-corrected chi connectivity index (χ0v) is 14.6. The summed E-state index contributed by atoms with van der Waals surface area (Å²) in [5.41, 5.74) is 0.613. The molecule has 122 valence electrons. The predicted octanol–water partition coefficient (Wildman–Crippen LogP) is 1.78. The number of thiocarbonyl (C=S) groups is 1. The van der Waals surface area contributed by atoms with Crippen molar-refractivity contribution in [3.8, 4) is 5.75 Å². The molecule has 1 aromatic carbocycles. The first-order chi connectivity index (χ1) is 10.3. The fourth-order valence-corrected chi connectivity index (χ4v) is 3.17. The van der Waals surface area contributed by atoms with Crippen molar-refractivity contribution in [2.75, 3.05) is 26.0 Å². The van der Waals surface area contributed by atoms with E-state index in [-0.39, 0.29) is 4.90 Å². The molecule has 8 heteroatoms. The lowest BCUT2D eigenvalue weighted by molar-refractivity contribution is 0.330. The second kappa shape index (κ2) is 6.80. The number of rotatable bonds is 6. The fraction of sp³-hybridized carbons (Fsp3) is 0.500. The predicted molar refractivity (Wildman–Crippen MR) is 90.9 cm³/mol. The quantitative estimate of drug-likeness (QED) is 0.768. The Kier molecular flexibility index (Phi) is 5.25. The first-order valence-electron chi connectivity index (χ1n) is 7.11. The standard InChI is InChI=1S/C14H21N3O3S2/c1-4-20-12-8-7-11(16-14(21)15-10-5-6-10)9-13(12)22(18,19)17(2)3/h7-10H,4-6H2,1-3H3,(H2,15,16,21). The van der Waals surface area contributed by atoms with Crippen LogP contribution in [0.2, 0.25) is 0 Å². The minimum Gasteiger partial charge on any atom is -0.492 e. The van der Waals surface area contributed by atoms with E-state index in [1.165, 1.54) is 14.1 Å². The molecule has 0 aliphatic heterocycles. The second-order valence-electron chi connectivity index (χ2n) is 5.25.